The summed E-state index contributed by atoms with van der Waals surface area (Å²) in [6.45, 7) is 2.71. The van der Waals surface area contributed by atoms with Crippen molar-refractivity contribution >= 4 is 27.5 Å². The van der Waals surface area contributed by atoms with E-state index in [4.69, 9.17) is 11.6 Å². The fraction of sp³-hybridized carbons (Fsp3) is 0.267. The maximum atomic E-state index is 14.0. The van der Waals surface area contributed by atoms with Gasteiger partial charge in [0.25, 0.3) is 0 Å². The maximum absolute atomic E-state index is 14.0. The van der Waals surface area contributed by atoms with Gasteiger partial charge in [-0.1, -0.05) is 24.6 Å². The molecule has 0 bridgehead atoms. The molecule has 0 aliphatic carbocycles. The second-order valence-electron chi connectivity index (χ2n) is 4.42. The molecule has 1 aromatic heterocycles. The molecule has 0 fully saturated rings. The lowest BCUT2D eigenvalue weighted by molar-refractivity contribution is 0.506. The molecule has 0 radical (unpaired) electrons. The monoisotopic (exact) mass is 356 g/mol. The first-order valence-electron chi connectivity index (χ1n) is 6.39. The van der Waals surface area contributed by atoms with Gasteiger partial charge in [0.1, 0.15) is 5.82 Å². The number of nitrogens with zero attached hydrogens (tertiary/aromatic N) is 1. The van der Waals surface area contributed by atoms with E-state index in [1.807, 2.05) is 19.1 Å². The van der Waals surface area contributed by atoms with Crippen LogP contribution in [0, 0.1) is 5.82 Å². The fourth-order valence-electron chi connectivity index (χ4n) is 2.10. The third-order valence-electron chi connectivity index (χ3n) is 3.00. The summed E-state index contributed by atoms with van der Waals surface area (Å²) in [7, 11) is 0. The smallest absolute Gasteiger partial charge is 0.129 e. The Morgan fingerprint density at radius 2 is 2.15 bits per heavy atom. The number of likely N-dealkylation sites (N-methyl/N-ethyl adjacent to an activating group) is 1. The third-order valence-corrected chi connectivity index (χ3v) is 3.80. The molecule has 1 unspecified atom stereocenters. The van der Waals surface area contributed by atoms with Crippen molar-refractivity contribution in [2.75, 3.05) is 6.54 Å². The van der Waals surface area contributed by atoms with E-state index < -0.39 is 0 Å². The van der Waals surface area contributed by atoms with Gasteiger partial charge in [0.15, 0.2) is 0 Å². The highest BCUT2D eigenvalue weighted by molar-refractivity contribution is 9.10. The number of halogens is 3. The normalized spacial score (nSPS) is 12.4. The van der Waals surface area contributed by atoms with Gasteiger partial charge in [-0.2, -0.15) is 0 Å². The molecule has 1 N–H and O–H groups in total. The quantitative estimate of drug-likeness (QED) is 0.850. The summed E-state index contributed by atoms with van der Waals surface area (Å²) in [4.78, 5) is 4.33. The summed E-state index contributed by atoms with van der Waals surface area (Å²) in [5.41, 5.74) is 1.39. The summed E-state index contributed by atoms with van der Waals surface area (Å²) in [6, 6.07) is 8.40. The molecule has 0 saturated carbocycles. The van der Waals surface area contributed by atoms with Gasteiger partial charge < -0.3 is 5.32 Å². The van der Waals surface area contributed by atoms with Crippen molar-refractivity contribution in [3.05, 3.63) is 63.1 Å². The molecule has 5 heteroatoms. The van der Waals surface area contributed by atoms with Crippen LogP contribution in [0.25, 0.3) is 0 Å². The van der Waals surface area contributed by atoms with Gasteiger partial charge in [-0.05, 0) is 46.7 Å². The van der Waals surface area contributed by atoms with Crippen molar-refractivity contribution in [1.82, 2.24) is 10.3 Å². The van der Waals surface area contributed by atoms with E-state index in [0.717, 1.165) is 16.7 Å². The van der Waals surface area contributed by atoms with Crippen LogP contribution in [0.5, 0.6) is 0 Å². The first-order valence-corrected chi connectivity index (χ1v) is 7.56. The average molecular weight is 358 g/mol. The van der Waals surface area contributed by atoms with Gasteiger partial charge >= 0.3 is 0 Å². The van der Waals surface area contributed by atoms with Crippen molar-refractivity contribution < 1.29 is 4.39 Å². The largest absolute Gasteiger partial charge is 0.310 e. The summed E-state index contributed by atoms with van der Waals surface area (Å²) >= 11 is 9.49. The Morgan fingerprint density at radius 3 is 2.75 bits per heavy atom. The second kappa shape index (κ2) is 7.16. The molecule has 0 aliphatic heterocycles. The number of aromatic nitrogens is 1. The highest BCUT2D eigenvalue weighted by Crippen LogP contribution is 2.28. The van der Waals surface area contributed by atoms with Crippen LogP contribution in [-0.4, -0.2) is 11.5 Å². The minimum atomic E-state index is -0.291. The molecule has 106 valence electrons. The fourth-order valence-corrected chi connectivity index (χ4v) is 2.63. The topological polar surface area (TPSA) is 24.9 Å². The second-order valence-corrected chi connectivity index (χ2v) is 5.74. The molecule has 2 rings (SSSR count). The number of nitrogens with one attached hydrogen (secondary N) is 1. The number of hydrogen-bond acceptors (Lipinski definition) is 2. The van der Waals surface area contributed by atoms with Crippen LogP contribution in [0.15, 0.2) is 41.0 Å². The van der Waals surface area contributed by atoms with Crippen LogP contribution in [0.4, 0.5) is 4.39 Å². The SMILES string of the molecule is CCNC(Cc1ccc(Br)cn1)c1c(F)cccc1Cl. The van der Waals surface area contributed by atoms with E-state index in [1.165, 1.54) is 6.07 Å². The van der Waals surface area contributed by atoms with Crippen LogP contribution >= 0.6 is 27.5 Å². The number of rotatable bonds is 5. The molecule has 0 saturated heterocycles. The van der Waals surface area contributed by atoms with Crippen molar-refractivity contribution in [3.8, 4) is 0 Å². The minimum absolute atomic E-state index is 0.192. The Kier molecular flexibility index (Phi) is 5.52. The molecular weight excluding hydrogens is 343 g/mol. The molecule has 0 spiro atoms. The molecule has 2 aromatic rings. The summed E-state index contributed by atoms with van der Waals surface area (Å²) in [5, 5.41) is 3.71. The lowest BCUT2D eigenvalue weighted by atomic mass is 10.0. The van der Waals surface area contributed by atoms with Crippen molar-refractivity contribution in [1.29, 1.82) is 0 Å². The number of pyridine rings is 1. The summed E-state index contributed by atoms with van der Waals surface area (Å²) in [5.74, 6) is -0.291. The molecule has 1 atom stereocenters. The summed E-state index contributed by atoms with van der Waals surface area (Å²) in [6.07, 6.45) is 2.32. The van der Waals surface area contributed by atoms with E-state index in [-0.39, 0.29) is 11.9 Å². The molecular formula is C15H15BrClFN2. The standard InChI is InChI=1S/C15H15BrClFN2/c1-2-19-14(8-11-7-6-10(16)9-20-11)15-12(17)4-3-5-13(15)18/h3-7,9,14,19H,2,8H2,1H3. The van der Waals surface area contributed by atoms with Crippen LogP contribution in [0.1, 0.15) is 24.2 Å². The van der Waals surface area contributed by atoms with Crippen LogP contribution in [0.2, 0.25) is 5.02 Å². The van der Waals surface area contributed by atoms with Crippen LogP contribution in [-0.2, 0) is 6.42 Å². The zero-order valence-electron chi connectivity index (χ0n) is 11.0. The van der Waals surface area contributed by atoms with Gasteiger partial charge in [-0.25, -0.2) is 4.39 Å². The first-order chi connectivity index (χ1) is 9.61. The van der Waals surface area contributed by atoms with Crippen LogP contribution in [0.3, 0.4) is 0 Å². The van der Waals surface area contributed by atoms with E-state index in [1.54, 1.807) is 18.3 Å². The Morgan fingerprint density at radius 1 is 1.35 bits per heavy atom. The van der Waals surface area contributed by atoms with Crippen molar-refractivity contribution in [2.24, 2.45) is 0 Å². The Bertz CT molecular complexity index is 554. The zero-order valence-corrected chi connectivity index (χ0v) is 13.4. The number of benzene rings is 1. The predicted molar refractivity (Wildman–Crippen MR) is 83.5 cm³/mol. The van der Waals surface area contributed by atoms with E-state index in [2.05, 4.69) is 26.2 Å². The number of hydrogen-bond donors (Lipinski definition) is 1. The van der Waals surface area contributed by atoms with Gasteiger partial charge in [0.05, 0.1) is 0 Å². The van der Waals surface area contributed by atoms with Crippen molar-refractivity contribution in [2.45, 2.75) is 19.4 Å². The maximum Gasteiger partial charge on any atom is 0.129 e. The predicted octanol–water partition coefficient (Wildman–Crippen LogP) is 4.53. The van der Waals surface area contributed by atoms with Gasteiger partial charge in [0, 0.05) is 39.4 Å². The van der Waals surface area contributed by atoms with E-state index in [9.17, 15) is 4.39 Å². The van der Waals surface area contributed by atoms with Crippen molar-refractivity contribution in [3.63, 3.8) is 0 Å². The van der Waals surface area contributed by atoms with Gasteiger partial charge in [-0.3, -0.25) is 4.98 Å². The highest BCUT2D eigenvalue weighted by atomic mass is 79.9. The highest BCUT2D eigenvalue weighted by Gasteiger charge is 2.19. The van der Waals surface area contributed by atoms with Gasteiger partial charge in [-0.15, -0.1) is 0 Å². The molecule has 1 aromatic carbocycles. The average Bonchev–Trinajstić information content (AvgIpc) is 2.41. The lowest BCUT2D eigenvalue weighted by Gasteiger charge is -2.20. The molecule has 0 aliphatic rings. The minimum Gasteiger partial charge on any atom is -0.310 e. The van der Waals surface area contributed by atoms with Crippen LogP contribution < -0.4 is 5.32 Å². The molecule has 0 amide bonds. The third kappa shape index (κ3) is 3.78. The first kappa shape index (κ1) is 15.4. The molecule has 1 heterocycles. The Balaban J connectivity index is 2.29. The van der Waals surface area contributed by atoms with E-state index >= 15 is 0 Å². The summed E-state index contributed by atoms with van der Waals surface area (Å²) < 4.78 is 15.0. The zero-order chi connectivity index (χ0) is 14.5. The molecule has 2 nitrogen and oxygen atoms in total. The molecule has 20 heavy (non-hydrogen) atoms. The Hall–Kier alpha value is -0.970. The van der Waals surface area contributed by atoms with E-state index in [0.29, 0.717) is 17.0 Å². The Labute approximate surface area is 131 Å². The van der Waals surface area contributed by atoms with Gasteiger partial charge in [0.2, 0.25) is 0 Å². The lowest BCUT2D eigenvalue weighted by Crippen LogP contribution is -2.24.